The molecule has 1 unspecified atom stereocenters. The number of aromatic nitrogens is 2. The van der Waals surface area contributed by atoms with Gasteiger partial charge in [0.05, 0.1) is 12.6 Å². The second-order valence-electron chi connectivity index (χ2n) is 3.15. The van der Waals surface area contributed by atoms with Crippen LogP contribution >= 0.6 is 0 Å². The summed E-state index contributed by atoms with van der Waals surface area (Å²) in [6.07, 6.45) is 3.06. The van der Waals surface area contributed by atoms with Crippen molar-refractivity contribution >= 4 is 12.1 Å². The maximum atomic E-state index is 10.5. The minimum absolute atomic E-state index is 0.296. The maximum Gasteiger partial charge on any atom is 0.168 e. The van der Waals surface area contributed by atoms with Crippen molar-refractivity contribution in [1.82, 2.24) is 9.97 Å². The third-order valence-electron chi connectivity index (χ3n) is 2.09. The summed E-state index contributed by atoms with van der Waals surface area (Å²) in [6, 6.07) is 1.93. The van der Waals surface area contributed by atoms with Gasteiger partial charge in [0.25, 0.3) is 0 Å². The lowest BCUT2D eigenvalue weighted by Gasteiger charge is -2.10. The standard InChI is InChI=1S/C9H11N3O2/c13-4-8-3-9(11-6-10-8)12-7-1-2-14-5-7/h3-4,6-7H,1-2,5H2,(H,10,11,12). The fraction of sp³-hybridized carbons (Fsp3) is 0.444. The van der Waals surface area contributed by atoms with Crippen LogP contribution in [-0.4, -0.2) is 35.5 Å². The average molecular weight is 193 g/mol. The monoisotopic (exact) mass is 193 g/mol. The second-order valence-corrected chi connectivity index (χ2v) is 3.15. The molecule has 0 spiro atoms. The lowest BCUT2D eigenvalue weighted by molar-refractivity contribution is 0.111. The van der Waals surface area contributed by atoms with Gasteiger partial charge in [0, 0.05) is 12.7 Å². The third kappa shape index (κ3) is 2.05. The zero-order valence-electron chi connectivity index (χ0n) is 7.64. The van der Waals surface area contributed by atoms with E-state index in [-0.39, 0.29) is 0 Å². The van der Waals surface area contributed by atoms with Gasteiger partial charge in [-0.15, -0.1) is 0 Å². The molecular weight excluding hydrogens is 182 g/mol. The summed E-state index contributed by atoms with van der Waals surface area (Å²) in [6.45, 7) is 1.48. The molecule has 2 heterocycles. The van der Waals surface area contributed by atoms with Gasteiger partial charge in [-0.05, 0) is 6.42 Å². The van der Waals surface area contributed by atoms with Gasteiger partial charge in [-0.2, -0.15) is 0 Å². The van der Waals surface area contributed by atoms with E-state index in [1.807, 2.05) is 0 Å². The highest BCUT2D eigenvalue weighted by molar-refractivity contribution is 5.72. The number of carbonyl (C=O) groups is 1. The summed E-state index contributed by atoms with van der Waals surface area (Å²) in [7, 11) is 0. The fourth-order valence-electron chi connectivity index (χ4n) is 1.37. The molecule has 0 bridgehead atoms. The molecule has 1 aromatic rings. The van der Waals surface area contributed by atoms with Crippen LogP contribution < -0.4 is 5.32 Å². The van der Waals surface area contributed by atoms with E-state index in [1.54, 1.807) is 6.07 Å². The van der Waals surface area contributed by atoms with E-state index in [1.165, 1.54) is 6.33 Å². The van der Waals surface area contributed by atoms with Gasteiger partial charge in [0.2, 0.25) is 0 Å². The van der Waals surface area contributed by atoms with E-state index in [0.717, 1.165) is 13.0 Å². The zero-order valence-corrected chi connectivity index (χ0v) is 7.64. The number of ether oxygens (including phenoxy) is 1. The lowest BCUT2D eigenvalue weighted by atomic mass is 10.2. The summed E-state index contributed by atoms with van der Waals surface area (Å²) < 4.78 is 5.21. The molecule has 1 N–H and O–H groups in total. The van der Waals surface area contributed by atoms with Gasteiger partial charge < -0.3 is 10.1 Å². The maximum absolute atomic E-state index is 10.5. The van der Waals surface area contributed by atoms with E-state index in [0.29, 0.717) is 30.4 Å². The zero-order chi connectivity index (χ0) is 9.80. The molecule has 1 aliphatic heterocycles. The summed E-state index contributed by atoms with van der Waals surface area (Å²) >= 11 is 0. The summed E-state index contributed by atoms with van der Waals surface area (Å²) in [5.74, 6) is 0.678. The normalized spacial score (nSPS) is 20.7. The highest BCUT2D eigenvalue weighted by atomic mass is 16.5. The minimum Gasteiger partial charge on any atom is -0.379 e. The van der Waals surface area contributed by atoms with Crippen molar-refractivity contribution in [2.45, 2.75) is 12.5 Å². The Morgan fingerprint density at radius 1 is 1.57 bits per heavy atom. The Bertz CT molecular complexity index is 324. The molecule has 1 saturated heterocycles. The van der Waals surface area contributed by atoms with Gasteiger partial charge in [0.1, 0.15) is 17.8 Å². The SMILES string of the molecule is O=Cc1cc(NC2CCOC2)ncn1. The topological polar surface area (TPSA) is 64.1 Å². The smallest absolute Gasteiger partial charge is 0.168 e. The molecule has 0 saturated carbocycles. The molecule has 74 valence electrons. The Morgan fingerprint density at radius 3 is 3.21 bits per heavy atom. The molecule has 5 heteroatoms. The van der Waals surface area contributed by atoms with E-state index in [9.17, 15) is 4.79 Å². The first kappa shape index (κ1) is 9.08. The number of anilines is 1. The van der Waals surface area contributed by atoms with Crippen LogP contribution in [0.2, 0.25) is 0 Å². The Hall–Kier alpha value is -1.49. The first-order valence-corrected chi connectivity index (χ1v) is 4.50. The predicted octanol–water partition coefficient (Wildman–Crippen LogP) is 0.490. The highest BCUT2D eigenvalue weighted by Gasteiger charge is 2.15. The molecule has 0 aromatic carbocycles. The van der Waals surface area contributed by atoms with Gasteiger partial charge >= 0.3 is 0 Å². The van der Waals surface area contributed by atoms with Crippen LogP contribution in [0.15, 0.2) is 12.4 Å². The number of nitrogens with one attached hydrogen (secondary N) is 1. The van der Waals surface area contributed by atoms with Crippen LogP contribution in [0.1, 0.15) is 16.9 Å². The number of rotatable bonds is 3. The molecule has 1 aromatic heterocycles. The Balaban J connectivity index is 2.04. The molecule has 1 fully saturated rings. The first-order valence-electron chi connectivity index (χ1n) is 4.50. The lowest BCUT2D eigenvalue weighted by Crippen LogP contribution is -2.19. The Morgan fingerprint density at radius 2 is 2.50 bits per heavy atom. The van der Waals surface area contributed by atoms with Crippen molar-refractivity contribution < 1.29 is 9.53 Å². The van der Waals surface area contributed by atoms with Crippen molar-refractivity contribution in [2.24, 2.45) is 0 Å². The molecule has 0 radical (unpaired) electrons. The van der Waals surface area contributed by atoms with Crippen LogP contribution in [0.3, 0.4) is 0 Å². The van der Waals surface area contributed by atoms with Crippen LogP contribution in [0, 0.1) is 0 Å². The minimum atomic E-state index is 0.296. The van der Waals surface area contributed by atoms with Crippen LogP contribution in [-0.2, 0) is 4.74 Å². The van der Waals surface area contributed by atoms with Crippen LogP contribution in [0.4, 0.5) is 5.82 Å². The fourth-order valence-corrected chi connectivity index (χ4v) is 1.37. The number of hydrogen-bond donors (Lipinski definition) is 1. The van der Waals surface area contributed by atoms with Crippen molar-refractivity contribution in [2.75, 3.05) is 18.5 Å². The van der Waals surface area contributed by atoms with Crippen molar-refractivity contribution in [3.8, 4) is 0 Å². The van der Waals surface area contributed by atoms with Gasteiger partial charge in [-0.1, -0.05) is 0 Å². The number of carbonyl (C=O) groups excluding carboxylic acids is 1. The van der Waals surface area contributed by atoms with E-state index < -0.39 is 0 Å². The van der Waals surface area contributed by atoms with Crippen molar-refractivity contribution in [1.29, 1.82) is 0 Å². The third-order valence-corrected chi connectivity index (χ3v) is 2.09. The Labute approximate surface area is 81.5 Å². The number of aldehydes is 1. The molecule has 0 amide bonds. The summed E-state index contributed by atoms with van der Waals surface area (Å²) in [5, 5.41) is 3.18. The van der Waals surface area contributed by atoms with Crippen molar-refractivity contribution in [3.05, 3.63) is 18.1 Å². The van der Waals surface area contributed by atoms with Crippen molar-refractivity contribution in [3.63, 3.8) is 0 Å². The highest BCUT2D eigenvalue weighted by Crippen LogP contribution is 2.10. The summed E-state index contributed by atoms with van der Waals surface area (Å²) in [4.78, 5) is 18.2. The van der Waals surface area contributed by atoms with Crippen LogP contribution in [0.5, 0.6) is 0 Å². The number of nitrogens with zero attached hydrogens (tertiary/aromatic N) is 2. The molecule has 1 atom stereocenters. The van der Waals surface area contributed by atoms with E-state index in [2.05, 4.69) is 15.3 Å². The molecule has 5 nitrogen and oxygen atoms in total. The van der Waals surface area contributed by atoms with Crippen LogP contribution in [0.25, 0.3) is 0 Å². The molecule has 0 aliphatic carbocycles. The molecular formula is C9H11N3O2. The number of hydrogen-bond acceptors (Lipinski definition) is 5. The second kappa shape index (κ2) is 4.15. The molecule has 2 rings (SSSR count). The Kier molecular flexibility index (Phi) is 2.69. The predicted molar refractivity (Wildman–Crippen MR) is 50.3 cm³/mol. The average Bonchev–Trinajstić information content (AvgIpc) is 2.71. The first-order chi connectivity index (χ1) is 6.88. The van der Waals surface area contributed by atoms with Gasteiger partial charge in [-0.25, -0.2) is 9.97 Å². The molecule has 1 aliphatic rings. The van der Waals surface area contributed by atoms with E-state index >= 15 is 0 Å². The molecule has 14 heavy (non-hydrogen) atoms. The van der Waals surface area contributed by atoms with E-state index in [4.69, 9.17) is 4.74 Å². The van der Waals surface area contributed by atoms with Gasteiger partial charge in [0.15, 0.2) is 6.29 Å². The quantitative estimate of drug-likeness (QED) is 0.708. The largest absolute Gasteiger partial charge is 0.379 e. The van der Waals surface area contributed by atoms with Gasteiger partial charge in [-0.3, -0.25) is 4.79 Å². The summed E-state index contributed by atoms with van der Waals surface area (Å²) in [5.41, 5.74) is 0.390.